The van der Waals surface area contributed by atoms with Crippen molar-refractivity contribution in [3.8, 4) is 11.8 Å². The number of benzene rings is 2. The van der Waals surface area contributed by atoms with Crippen molar-refractivity contribution in [2.45, 2.75) is 143 Å². The predicted octanol–water partition coefficient (Wildman–Crippen LogP) is 6.17. The lowest BCUT2D eigenvalue weighted by molar-refractivity contribution is -0.433. The Balaban J connectivity index is 0.680. The van der Waals surface area contributed by atoms with Crippen LogP contribution in [-0.2, 0) is 109 Å². The number of hydrogen-bond donors (Lipinski definition) is 15. The SMILES string of the molecule is CC[N+]1=C(/C=C/C=C/C=C2/N(CCCCCC(=O)NC(CSSCCCOC(=O)Nc3ncnc4c3ncn4[C@H]3C[C@@H](O)[C@@H](COP(=O)(O)OP(=O)(O)OP(=O)(O)O)O3)C(=O)NCCOCCOCCOCC(=O)NCC#Cc3cn([C@H]4C[C@@H](O)[C@@H](COP(=O)(O)O)O4)c4ncnc(N)c34)c3ccc(S(=O)(=O)O)cc3C2(C)C)C(C)(C)c2cc(SOOO)ccc21. The van der Waals surface area contributed by atoms with Crippen LogP contribution in [0.5, 0.6) is 0 Å². The van der Waals surface area contributed by atoms with Crippen LogP contribution in [-0.4, -0.2) is 254 Å². The number of nitrogen functional groups attached to an aromatic ring is 1. The molecule has 0 saturated carbocycles. The zero-order valence-electron chi connectivity index (χ0n) is 68.2. The van der Waals surface area contributed by atoms with Gasteiger partial charge in [-0.05, 0) is 82.0 Å². The first-order valence-electron chi connectivity index (χ1n) is 38.7. The van der Waals surface area contributed by atoms with E-state index in [2.05, 4.69) is 117 Å². The summed E-state index contributed by atoms with van der Waals surface area (Å²) in [6, 6.07) is 9.36. The molecule has 126 heavy (non-hydrogen) atoms. The zero-order valence-corrected chi connectivity index (χ0v) is 75.1. The number of carbonyl (C=O) groups is 4. The van der Waals surface area contributed by atoms with E-state index < -0.39 is 126 Å². The summed E-state index contributed by atoms with van der Waals surface area (Å²) in [6.45, 7) is 10.00. The van der Waals surface area contributed by atoms with Crippen molar-refractivity contribution < 1.29 is 155 Å². The normalized spacial score (nSPS) is 20.2. The molecule has 46 nitrogen and oxygen atoms in total. The lowest BCUT2D eigenvalue weighted by Crippen LogP contribution is -2.48. The number of aliphatic hydroxyl groups excluding tert-OH is 2. The zero-order chi connectivity index (χ0) is 91.4. The third kappa shape index (κ3) is 28.2. The number of fused-ring (bicyclic) bond motifs is 4. The Morgan fingerprint density at radius 3 is 2.16 bits per heavy atom. The molecule has 4 amide bonds. The van der Waals surface area contributed by atoms with Crippen LogP contribution in [0.2, 0.25) is 0 Å². The maximum atomic E-state index is 13.9. The van der Waals surface area contributed by atoms with Gasteiger partial charge in [0, 0.05) is 89.5 Å². The fourth-order valence-electron chi connectivity index (χ4n) is 13.9. The molecule has 16 N–H and O–H groups in total. The van der Waals surface area contributed by atoms with Crippen LogP contribution >= 0.6 is 64.9 Å². The molecule has 9 atom stereocenters. The number of aromatic nitrogens is 7. The van der Waals surface area contributed by atoms with Crippen LogP contribution in [0.3, 0.4) is 0 Å². The number of allylic oxidation sites excluding steroid dienone is 6. The Bertz CT molecular complexity index is 5390. The lowest BCUT2D eigenvalue weighted by atomic mass is 9.81. The van der Waals surface area contributed by atoms with Gasteiger partial charge in [-0.15, -0.1) is 4.33 Å². The molecule has 10 rings (SSSR count). The van der Waals surface area contributed by atoms with Crippen LogP contribution < -0.4 is 31.9 Å². The molecule has 8 heterocycles. The minimum atomic E-state index is -5.81. The summed E-state index contributed by atoms with van der Waals surface area (Å²) in [5.74, 6) is 4.96. The smallest absolute Gasteiger partial charge is 0.449 e. The predicted molar refractivity (Wildman–Crippen MR) is 453 cm³/mol. The van der Waals surface area contributed by atoms with Crippen molar-refractivity contribution in [1.82, 2.24) is 50.0 Å². The Morgan fingerprint density at radius 1 is 0.754 bits per heavy atom. The Morgan fingerprint density at radius 2 is 1.45 bits per heavy atom. The maximum absolute atomic E-state index is 13.9. The van der Waals surface area contributed by atoms with Gasteiger partial charge in [0.1, 0.15) is 68.0 Å². The number of nitrogens with two attached hydrogens (primary N) is 1. The molecule has 2 saturated heterocycles. The highest BCUT2D eigenvalue weighted by molar-refractivity contribution is 8.76. The molecule has 2 fully saturated rings. The lowest BCUT2D eigenvalue weighted by Gasteiger charge is -2.27. The molecular weight excluding hydrogens is 1830 g/mol. The largest absolute Gasteiger partial charge is 0.490 e. The van der Waals surface area contributed by atoms with Gasteiger partial charge in [0.25, 0.3) is 10.1 Å². The number of anilines is 3. The van der Waals surface area contributed by atoms with E-state index in [9.17, 15) is 70.4 Å². The Kier molecular flexibility index (Phi) is 36.2. The standard InChI is InChI=1S/C72H96N14O32P4S4/c1-6-83-51-21-19-46(125-116-115-93)33-48(51)71(2,3)57(83)16-9-7-10-17-58-72(4,5)49-34-47(126(104,105)106)20-22-52(49)84(58)25-12-8-11-18-59(89)81-50(41-124-123-32-14-26-110-70(92)82-66-64-68(79-43-77-66)86(44-80-64)62-36-54(88)56(114-62)39-112-121(100,101)118-122(102,103)117-120(97,98)99)69(91)75-24-27-107-28-29-108-30-31-109-40-60(90)74-23-13-15-45-37-85(67-63(45)65(73)76-42-78-67)61-35-53(87)55(113-61)38-111-119(94,95)96/h7,9-10,16-17,19-22,33-34,37,42-44,50,53-56,61-62,87-88H,6,8,11-12,14,18,23-32,35-36,38-41H2,1-5H3,(H13-,73,74,75,76,77,78,79,81,82,89,90,91,92,93,94,95,96,97,98,99,100,101,102,103,104,105,106)/p+1/t50?,53-,54-,55-,56-,61-,62-/m1/s1. The summed E-state index contributed by atoms with van der Waals surface area (Å²) in [5.41, 5.74) is 11.3. The summed E-state index contributed by atoms with van der Waals surface area (Å²) in [4.78, 5) is 132. The van der Waals surface area contributed by atoms with Gasteiger partial charge in [-0.25, -0.2) is 53.2 Å². The number of nitrogens with one attached hydrogen (secondary N) is 4. The van der Waals surface area contributed by atoms with Crippen molar-refractivity contribution in [3.05, 3.63) is 114 Å². The van der Waals surface area contributed by atoms with Crippen molar-refractivity contribution >= 4 is 150 Å². The fraction of sp³-hybridized carbons (Fsp3) is 0.500. The van der Waals surface area contributed by atoms with Gasteiger partial charge in [-0.1, -0.05) is 77.0 Å². The summed E-state index contributed by atoms with van der Waals surface area (Å²) in [7, 11) is -23.7. The number of unbranched alkanes of at least 4 members (excludes halogenated alkanes) is 2. The molecule has 4 aliphatic rings. The minimum absolute atomic E-state index is 0.0321. The van der Waals surface area contributed by atoms with Crippen molar-refractivity contribution in [3.63, 3.8) is 0 Å². The second kappa shape index (κ2) is 45.3. The molecule has 4 aliphatic heterocycles. The van der Waals surface area contributed by atoms with Gasteiger partial charge in [-0.3, -0.25) is 37.9 Å². The monoisotopic (exact) mass is 1920 g/mol. The third-order valence-corrected chi connectivity index (χ3v) is 27.9. The van der Waals surface area contributed by atoms with Gasteiger partial charge in [0.05, 0.1) is 111 Å². The number of aliphatic hydroxyl groups is 2. The number of phosphoric ester groups is 2. The molecular formula is C72H97N14O32P4S4+. The van der Waals surface area contributed by atoms with Crippen LogP contribution in [0.25, 0.3) is 22.2 Å². The van der Waals surface area contributed by atoms with Crippen molar-refractivity contribution in [1.29, 1.82) is 0 Å². The number of rotatable bonds is 48. The fourth-order valence-corrected chi connectivity index (χ4v) is 20.4. The van der Waals surface area contributed by atoms with E-state index in [4.69, 9.17) is 63.3 Å². The van der Waals surface area contributed by atoms with Gasteiger partial charge in [0.2, 0.25) is 23.4 Å². The number of phosphoric acid groups is 4. The van der Waals surface area contributed by atoms with E-state index in [1.807, 2.05) is 56.4 Å². The highest BCUT2D eigenvalue weighted by Gasteiger charge is 2.47. The van der Waals surface area contributed by atoms with E-state index in [1.54, 1.807) is 16.8 Å². The van der Waals surface area contributed by atoms with Gasteiger partial charge in [-0.2, -0.15) is 21.6 Å². The molecule has 3 unspecified atom stereocenters. The van der Waals surface area contributed by atoms with Crippen LogP contribution in [0.15, 0.2) is 107 Å². The number of ether oxygens (including phenoxy) is 6. The molecule has 6 aromatic rings. The van der Waals surface area contributed by atoms with Gasteiger partial charge >= 0.3 is 37.4 Å². The summed E-state index contributed by atoms with van der Waals surface area (Å²) in [5, 5.41) is 45.0. The third-order valence-electron chi connectivity index (χ3n) is 19.7. The van der Waals surface area contributed by atoms with Crippen molar-refractivity contribution in [2.75, 3.05) is 113 Å². The highest BCUT2D eigenvalue weighted by atomic mass is 33.1. The number of amides is 4. The molecule has 0 spiro atoms. The second-order valence-electron chi connectivity index (χ2n) is 29.2. The molecule has 54 heteroatoms. The van der Waals surface area contributed by atoms with E-state index in [-0.39, 0.29) is 118 Å². The summed E-state index contributed by atoms with van der Waals surface area (Å²) in [6.07, 6.45) is 9.05. The Labute approximate surface area is 733 Å². The molecule has 0 bridgehead atoms. The summed E-state index contributed by atoms with van der Waals surface area (Å²) >= 11 is 0.884. The average Bonchev–Trinajstić information content (AvgIpc) is 1.59. The van der Waals surface area contributed by atoms with E-state index in [0.29, 0.717) is 66.7 Å². The summed E-state index contributed by atoms with van der Waals surface area (Å²) < 4.78 is 141. The van der Waals surface area contributed by atoms with Crippen LogP contribution in [0.1, 0.15) is 109 Å². The number of hydrogen-bond acceptors (Lipinski definition) is 35. The molecule has 0 aliphatic carbocycles. The van der Waals surface area contributed by atoms with Crippen molar-refractivity contribution in [2.24, 2.45) is 0 Å². The second-order valence-corrected chi connectivity index (χ2v) is 39.7. The van der Waals surface area contributed by atoms with Crippen LogP contribution in [0.4, 0.5) is 27.8 Å². The maximum Gasteiger partial charge on any atom is 0.490 e. The average molecular weight is 1920 g/mol. The molecule has 690 valence electrons. The highest BCUT2D eigenvalue weighted by Crippen LogP contribution is 2.66. The number of nitrogens with zero attached hydrogens (tertiary/aromatic N) is 9. The topological polar surface area (TPSA) is 638 Å². The molecule has 2 aromatic carbocycles. The van der Waals surface area contributed by atoms with Gasteiger partial charge < -0.3 is 99.1 Å². The van der Waals surface area contributed by atoms with E-state index in [0.717, 1.165) is 51.6 Å². The Hall–Kier alpha value is -7.58. The first-order valence-corrected chi connectivity index (χ1v) is 49.5. The molecule has 0 radical (unpaired) electrons. The van der Waals surface area contributed by atoms with Gasteiger partial charge in [0.15, 0.2) is 22.7 Å². The first-order chi connectivity index (χ1) is 59.7. The molecule has 4 aromatic heterocycles. The van der Waals surface area contributed by atoms with Crippen LogP contribution in [0, 0.1) is 11.8 Å². The first kappa shape index (κ1) is 101. The quantitative estimate of drug-likeness (QED) is 0.00194. The van der Waals surface area contributed by atoms with E-state index >= 15 is 0 Å². The number of carbonyl (C=O) groups excluding carboxylic acids is 4. The van der Waals surface area contributed by atoms with E-state index in [1.165, 1.54) is 50.9 Å². The number of imidazole rings is 1. The minimum Gasteiger partial charge on any atom is -0.449 e.